The summed E-state index contributed by atoms with van der Waals surface area (Å²) < 4.78 is 0. The summed E-state index contributed by atoms with van der Waals surface area (Å²) >= 11 is 0. The van der Waals surface area contributed by atoms with Crippen molar-refractivity contribution < 1.29 is 5.11 Å². The molecule has 0 aliphatic heterocycles. The first-order valence-electron chi connectivity index (χ1n) is 4.99. The van der Waals surface area contributed by atoms with Gasteiger partial charge in [-0.2, -0.15) is 0 Å². The normalized spacial score (nSPS) is 10.5. The molecular weight excluding hydrogens is 190 g/mol. The van der Waals surface area contributed by atoms with Crippen LogP contribution in [0, 0.1) is 0 Å². The fraction of sp³-hybridized carbons (Fsp3) is 0.273. The largest absolute Gasteiger partial charge is 0.508 e. The molecule has 1 aromatic carbocycles. The monoisotopic (exact) mass is 203 g/mol. The minimum Gasteiger partial charge on any atom is -0.508 e. The van der Waals surface area contributed by atoms with Gasteiger partial charge >= 0.3 is 0 Å². The molecule has 0 spiro atoms. The van der Waals surface area contributed by atoms with Crippen molar-refractivity contribution in [2.75, 3.05) is 11.9 Å². The highest BCUT2D eigenvalue weighted by Crippen LogP contribution is 2.23. The number of hydrogen-bond donors (Lipinski definition) is 2. The van der Waals surface area contributed by atoms with Crippen molar-refractivity contribution in [2.24, 2.45) is 0 Å². The van der Waals surface area contributed by atoms with E-state index in [1.807, 2.05) is 0 Å². The van der Waals surface area contributed by atoms with E-state index in [1.54, 1.807) is 18.2 Å². The zero-order valence-electron chi connectivity index (χ0n) is 8.57. The predicted octanol–water partition coefficient (Wildman–Crippen LogP) is 2.16. The van der Waals surface area contributed by atoms with Crippen molar-refractivity contribution in [1.82, 2.24) is 9.97 Å². The van der Waals surface area contributed by atoms with Gasteiger partial charge in [-0.15, -0.1) is 0 Å². The Bertz CT molecular complexity index is 470. The molecule has 0 atom stereocenters. The number of rotatable bonds is 3. The van der Waals surface area contributed by atoms with E-state index in [-0.39, 0.29) is 5.75 Å². The lowest BCUT2D eigenvalue weighted by atomic mass is 10.2. The molecule has 1 aromatic heterocycles. The Morgan fingerprint density at radius 2 is 2.20 bits per heavy atom. The highest BCUT2D eigenvalue weighted by molar-refractivity contribution is 5.89. The molecule has 4 heteroatoms. The van der Waals surface area contributed by atoms with Crippen molar-refractivity contribution in [3.8, 4) is 5.75 Å². The van der Waals surface area contributed by atoms with Gasteiger partial charge in [-0.05, 0) is 24.6 Å². The lowest BCUT2D eigenvalue weighted by Crippen LogP contribution is -2.02. The molecule has 0 amide bonds. The van der Waals surface area contributed by atoms with Gasteiger partial charge in [-0.3, -0.25) is 0 Å². The van der Waals surface area contributed by atoms with Crippen LogP contribution in [0.5, 0.6) is 5.75 Å². The lowest BCUT2D eigenvalue weighted by molar-refractivity contribution is 0.476. The van der Waals surface area contributed by atoms with Crippen LogP contribution in [-0.2, 0) is 0 Å². The van der Waals surface area contributed by atoms with Crippen LogP contribution >= 0.6 is 0 Å². The highest BCUT2D eigenvalue weighted by atomic mass is 16.3. The summed E-state index contributed by atoms with van der Waals surface area (Å²) in [5, 5.41) is 13.5. The first-order chi connectivity index (χ1) is 7.31. The highest BCUT2D eigenvalue weighted by Gasteiger charge is 2.03. The fourth-order valence-electron chi connectivity index (χ4n) is 1.43. The molecule has 4 nitrogen and oxygen atoms in total. The third-order valence-electron chi connectivity index (χ3n) is 2.16. The maximum absolute atomic E-state index is 9.40. The summed E-state index contributed by atoms with van der Waals surface area (Å²) in [5.41, 5.74) is 0.835. The molecule has 0 radical (unpaired) electrons. The Morgan fingerprint density at radius 1 is 1.33 bits per heavy atom. The van der Waals surface area contributed by atoms with E-state index in [9.17, 15) is 5.11 Å². The first-order valence-corrected chi connectivity index (χ1v) is 4.99. The quantitative estimate of drug-likeness (QED) is 0.802. The molecule has 0 fully saturated rings. The number of benzene rings is 1. The average molecular weight is 203 g/mol. The van der Waals surface area contributed by atoms with E-state index in [0.717, 1.165) is 29.7 Å². The number of hydrogen-bond acceptors (Lipinski definition) is 4. The SMILES string of the molecule is CCCNc1ncnc2ccc(O)cc12. The number of phenols is 1. The van der Waals surface area contributed by atoms with Crippen LogP contribution in [-0.4, -0.2) is 21.6 Å². The number of phenolic OH excluding ortho intramolecular Hbond substituents is 1. The zero-order chi connectivity index (χ0) is 10.7. The van der Waals surface area contributed by atoms with Gasteiger partial charge in [0.05, 0.1) is 5.52 Å². The van der Waals surface area contributed by atoms with Gasteiger partial charge in [0, 0.05) is 11.9 Å². The van der Waals surface area contributed by atoms with Crippen molar-refractivity contribution in [3.63, 3.8) is 0 Å². The number of anilines is 1. The Hall–Kier alpha value is -1.84. The van der Waals surface area contributed by atoms with E-state index in [4.69, 9.17) is 0 Å². The third-order valence-corrected chi connectivity index (χ3v) is 2.16. The van der Waals surface area contributed by atoms with E-state index < -0.39 is 0 Å². The van der Waals surface area contributed by atoms with Crippen LogP contribution in [0.25, 0.3) is 10.9 Å². The predicted molar refractivity (Wildman–Crippen MR) is 60.0 cm³/mol. The van der Waals surface area contributed by atoms with Gasteiger partial charge in [-0.25, -0.2) is 9.97 Å². The van der Waals surface area contributed by atoms with E-state index in [2.05, 4.69) is 22.2 Å². The van der Waals surface area contributed by atoms with Gasteiger partial charge in [0.15, 0.2) is 0 Å². The number of nitrogens with one attached hydrogen (secondary N) is 1. The molecule has 15 heavy (non-hydrogen) atoms. The molecule has 2 N–H and O–H groups in total. The van der Waals surface area contributed by atoms with Gasteiger partial charge in [-0.1, -0.05) is 6.92 Å². The van der Waals surface area contributed by atoms with Crippen molar-refractivity contribution in [1.29, 1.82) is 0 Å². The van der Waals surface area contributed by atoms with E-state index in [0.29, 0.717) is 0 Å². The standard InChI is InChI=1S/C11H13N3O/c1-2-5-12-11-9-6-8(15)3-4-10(9)13-7-14-11/h3-4,6-7,15H,2,5H2,1H3,(H,12,13,14). The molecule has 1 heterocycles. The summed E-state index contributed by atoms with van der Waals surface area (Å²) in [6.45, 7) is 2.95. The number of aromatic hydroxyl groups is 1. The molecule has 2 aromatic rings. The van der Waals surface area contributed by atoms with Crippen molar-refractivity contribution >= 4 is 16.7 Å². The Kier molecular flexibility index (Phi) is 2.67. The number of aromatic nitrogens is 2. The molecule has 0 bridgehead atoms. The molecule has 0 aliphatic rings. The first kappa shape index (κ1) is 9.71. The number of fused-ring (bicyclic) bond motifs is 1. The van der Waals surface area contributed by atoms with Crippen LogP contribution in [0.2, 0.25) is 0 Å². The maximum atomic E-state index is 9.40. The summed E-state index contributed by atoms with van der Waals surface area (Å²) in [4.78, 5) is 8.28. The summed E-state index contributed by atoms with van der Waals surface area (Å²) in [7, 11) is 0. The molecule has 0 aliphatic carbocycles. The smallest absolute Gasteiger partial charge is 0.137 e. The van der Waals surface area contributed by atoms with Gasteiger partial charge in [0.2, 0.25) is 0 Å². The van der Waals surface area contributed by atoms with E-state index in [1.165, 1.54) is 6.33 Å². The van der Waals surface area contributed by atoms with Crippen LogP contribution in [0.1, 0.15) is 13.3 Å². The average Bonchev–Trinajstić information content (AvgIpc) is 2.26. The third kappa shape index (κ3) is 1.98. The lowest BCUT2D eigenvalue weighted by Gasteiger charge is -2.06. The van der Waals surface area contributed by atoms with Crippen molar-refractivity contribution in [2.45, 2.75) is 13.3 Å². The maximum Gasteiger partial charge on any atom is 0.137 e. The fourth-order valence-corrected chi connectivity index (χ4v) is 1.43. The van der Waals surface area contributed by atoms with Crippen LogP contribution in [0.3, 0.4) is 0 Å². The summed E-state index contributed by atoms with van der Waals surface area (Å²) in [6.07, 6.45) is 2.56. The molecule has 0 saturated heterocycles. The van der Waals surface area contributed by atoms with Crippen LogP contribution < -0.4 is 5.32 Å². The molecule has 2 rings (SSSR count). The minimum absolute atomic E-state index is 0.233. The Morgan fingerprint density at radius 3 is 3.00 bits per heavy atom. The zero-order valence-corrected chi connectivity index (χ0v) is 8.57. The van der Waals surface area contributed by atoms with Gasteiger partial charge in [0.1, 0.15) is 17.9 Å². The number of nitrogens with zero attached hydrogens (tertiary/aromatic N) is 2. The molecule has 78 valence electrons. The summed E-state index contributed by atoms with van der Waals surface area (Å²) in [6, 6.07) is 5.08. The van der Waals surface area contributed by atoms with Crippen LogP contribution in [0.4, 0.5) is 5.82 Å². The Labute approximate surface area is 88.0 Å². The van der Waals surface area contributed by atoms with E-state index >= 15 is 0 Å². The molecule has 0 unspecified atom stereocenters. The second-order valence-electron chi connectivity index (χ2n) is 3.35. The minimum atomic E-state index is 0.233. The molecule has 0 saturated carbocycles. The summed E-state index contributed by atoms with van der Waals surface area (Å²) in [5.74, 6) is 1.01. The second kappa shape index (κ2) is 4.13. The van der Waals surface area contributed by atoms with Gasteiger partial charge < -0.3 is 10.4 Å². The molecular formula is C11H13N3O. The van der Waals surface area contributed by atoms with Crippen LogP contribution in [0.15, 0.2) is 24.5 Å². The topological polar surface area (TPSA) is 58.0 Å². The van der Waals surface area contributed by atoms with Crippen molar-refractivity contribution in [3.05, 3.63) is 24.5 Å². The second-order valence-corrected chi connectivity index (χ2v) is 3.35. The van der Waals surface area contributed by atoms with Gasteiger partial charge in [0.25, 0.3) is 0 Å². The Balaban J connectivity index is 2.48.